The van der Waals surface area contributed by atoms with Gasteiger partial charge in [-0.3, -0.25) is 13.8 Å². The molecule has 3 aromatic carbocycles. The molecule has 3 aliphatic carbocycles. The van der Waals surface area contributed by atoms with Crippen molar-refractivity contribution >= 4 is 32.2 Å². The third kappa shape index (κ3) is 4.19. The van der Waals surface area contributed by atoms with Gasteiger partial charge in [0.1, 0.15) is 44.5 Å². The Morgan fingerprint density at radius 3 is 1.91 bits per heavy atom. The minimum Gasteiger partial charge on any atom is -0.744 e. The van der Waals surface area contributed by atoms with Crippen LogP contribution in [0.25, 0.3) is 0 Å². The average molecular weight is 696 g/mol. The van der Waals surface area contributed by atoms with Crippen LogP contribution in [0.3, 0.4) is 0 Å². The van der Waals surface area contributed by atoms with Gasteiger partial charge in [0.05, 0.1) is 5.92 Å². The van der Waals surface area contributed by atoms with E-state index >= 15 is 0 Å². The third-order valence-electron chi connectivity index (χ3n) is 9.66. The summed E-state index contributed by atoms with van der Waals surface area (Å²) in [6.07, 6.45) is -5.47. The molecule has 7 atom stereocenters. The van der Waals surface area contributed by atoms with Crippen molar-refractivity contribution < 1.29 is 66.9 Å². The standard InChI is InChI=1S/C30H20F4O11S2/c31-18-20(33)28(46(37,38)39)21(34)19(32)23(18)43-30(36)17-22-24(25-26(42-22)27(17)47(40,41)45-25)44-29(35)15-9-14-10-5-1-3-7-12(10)16(15)13-8-4-2-6-11(13)14/h1-8,14-17,22,24-27H,9H2,(H,37,38,39)/p-1. The number of fused-ring (bicyclic) bond motifs is 2. The highest BCUT2D eigenvalue weighted by molar-refractivity contribution is 7.87. The van der Waals surface area contributed by atoms with E-state index in [1.165, 1.54) is 0 Å². The summed E-state index contributed by atoms with van der Waals surface area (Å²) in [7, 11) is -10.7. The SMILES string of the molecule is O=C(OC1C2OS(=O)(=O)C3C2OC1C3C(=O)Oc1c(F)c(F)c(S(=O)(=O)[O-])c(F)c1F)C1CC2c3ccccc3C1c1ccccc12. The lowest BCUT2D eigenvalue weighted by molar-refractivity contribution is -0.165. The zero-order valence-electron chi connectivity index (χ0n) is 23.3. The van der Waals surface area contributed by atoms with E-state index in [1.54, 1.807) is 0 Å². The van der Waals surface area contributed by atoms with Gasteiger partial charge in [-0.15, -0.1) is 0 Å². The van der Waals surface area contributed by atoms with Crippen LogP contribution in [-0.4, -0.2) is 63.0 Å². The number of rotatable bonds is 5. The lowest BCUT2D eigenvalue weighted by Gasteiger charge is -2.44. The Labute approximate surface area is 263 Å². The largest absolute Gasteiger partial charge is 0.744 e. The van der Waals surface area contributed by atoms with Gasteiger partial charge < -0.3 is 18.8 Å². The van der Waals surface area contributed by atoms with E-state index < -0.39 is 114 Å². The van der Waals surface area contributed by atoms with Gasteiger partial charge in [0, 0.05) is 11.8 Å². The van der Waals surface area contributed by atoms with Crippen molar-refractivity contribution in [3.05, 3.63) is 94.1 Å². The Balaban J connectivity index is 1.10. The molecule has 246 valence electrons. The van der Waals surface area contributed by atoms with Gasteiger partial charge in [0.25, 0.3) is 10.1 Å². The summed E-state index contributed by atoms with van der Waals surface area (Å²) in [6, 6.07) is 15.3. The van der Waals surface area contributed by atoms with E-state index in [-0.39, 0.29) is 5.92 Å². The summed E-state index contributed by atoms with van der Waals surface area (Å²) in [5, 5.41) is -1.80. The third-order valence-corrected chi connectivity index (χ3v) is 12.2. The molecule has 3 aliphatic heterocycles. The molecule has 17 heteroatoms. The van der Waals surface area contributed by atoms with Crippen LogP contribution in [0.2, 0.25) is 0 Å². The van der Waals surface area contributed by atoms with Gasteiger partial charge in [-0.2, -0.15) is 17.2 Å². The second-order valence-corrected chi connectivity index (χ2v) is 15.0. The van der Waals surface area contributed by atoms with Crippen LogP contribution in [0.5, 0.6) is 5.75 Å². The van der Waals surface area contributed by atoms with Gasteiger partial charge >= 0.3 is 11.9 Å². The van der Waals surface area contributed by atoms with Crippen LogP contribution in [0.15, 0.2) is 53.4 Å². The molecule has 0 saturated carbocycles. The number of carbonyl (C=O) groups excluding carboxylic acids is 2. The summed E-state index contributed by atoms with van der Waals surface area (Å²) in [5.41, 5.74) is 3.98. The molecule has 9 rings (SSSR count). The molecule has 47 heavy (non-hydrogen) atoms. The molecule has 4 bridgehead atoms. The first-order valence-corrected chi connectivity index (χ1v) is 17.1. The Morgan fingerprint density at radius 1 is 0.809 bits per heavy atom. The highest BCUT2D eigenvalue weighted by Gasteiger charge is 2.74. The molecule has 3 fully saturated rings. The van der Waals surface area contributed by atoms with E-state index in [0.29, 0.717) is 6.42 Å². The van der Waals surface area contributed by atoms with Gasteiger partial charge in [-0.1, -0.05) is 48.5 Å². The molecule has 0 aromatic heterocycles. The summed E-state index contributed by atoms with van der Waals surface area (Å²) >= 11 is 0. The molecule has 0 radical (unpaired) electrons. The van der Waals surface area contributed by atoms with Gasteiger partial charge in [-0.05, 0) is 28.7 Å². The van der Waals surface area contributed by atoms with Crippen molar-refractivity contribution in [3.8, 4) is 5.75 Å². The Hall–Kier alpha value is -3.90. The smallest absolute Gasteiger partial charge is 0.318 e. The minimum absolute atomic E-state index is 0.134. The van der Waals surface area contributed by atoms with E-state index in [2.05, 4.69) is 4.74 Å². The zero-order chi connectivity index (χ0) is 33.3. The van der Waals surface area contributed by atoms with Crippen molar-refractivity contribution in [2.24, 2.45) is 11.8 Å². The van der Waals surface area contributed by atoms with E-state index in [9.17, 15) is 48.5 Å². The lowest BCUT2D eigenvalue weighted by atomic mass is 9.59. The molecule has 11 nitrogen and oxygen atoms in total. The lowest BCUT2D eigenvalue weighted by Crippen LogP contribution is -2.51. The molecular weight excluding hydrogens is 676 g/mol. The second kappa shape index (κ2) is 10.1. The van der Waals surface area contributed by atoms with E-state index in [1.807, 2.05) is 48.5 Å². The highest BCUT2D eigenvalue weighted by Crippen LogP contribution is 2.57. The Kier molecular flexibility index (Phi) is 6.51. The van der Waals surface area contributed by atoms with Crippen molar-refractivity contribution in [3.63, 3.8) is 0 Å². The fourth-order valence-corrected chi connectivity index (χ4v) is 10.3. The monoisotopic (exact) mass is 695 g/mol. The molecule has 7 unspecified atom stereocenters. The van der Waals surface area contributed by atoms with Crippen LogP contribution in [-0.2, 0) is 43.5 Å². The van der Waals surface area contributed by atoms with Crippen LogP contribution < -0.4 is 4.74 Å². The minimum atomic E-state index is -6.05. The topological polar surface area (TPSA) is 162 Å². The van der Waals surface area contributed by atoms with Crippen molar-refractivity contribution in [2.45, 2.75) is 52.8 Å². The van der Waals surface area contributed by atoms with Gasteiger partial charge in [-0.25, -0.2) is 17.2 Å². The van der Waals surface area contributed by atoms with Gasteiger partial charge in [0.15, 0.2) is 17.7 Å². The maximum Gasteiger partial charge on any atom is 0.318 e. The maximum atomic E-state index is 14.6. The Bertz CT molecular complexity index is 2060. The average Bonchev–Trinajstić information content (AvgIpc) is 3.64. The molecular formula is C30H19F4O11S2-. The summed E-state index contributed by atoms with van der Waals surface area (Å²) < 4.78 is 139. The number of benzene rings is 3. The fourth-order valence-electron chi connectivity index (χ4n) is 7.89. The molecule has 3 saturated heterocycles. The van der Waals surface area contributed by atoms with Crippen molar-refractivity contribution in [2.75, 3.05) is 0 Å². The molecule has 3 heterocycles. The first kappa shape index (κ1) is 30.4. The van der Waals surface area contributed by atoms with E-state index in [4.69, 9.17) is 13.7 Å². The van der Waals surface area contributed by atoms with Crippen LogP contribution in [0, 0.1) is 35.1 Å². The summed E-state index contributed by atoms with van der Waals surface area (Å²) in [5.74, 6) is -18.2. The molecule has 0 amide bonds. The second-order valence-electron chi connectivity index (χ2n) is 11.9. The van der Waals surface area contributed by atoms with Crippen LogP contribution >= 0.6 is 0 Å². The zero-order valence-corrected chi connectivity index (χ0v) is 25.0. The number of esters is 2. The number of carbonyl (C=O) groups is 2. The predicted octanol–water partition coefficient (Wildman–Crippen LogP) is 2.76. The highest BCUT2D eigenvalue weighted by atomic mass is 32.2. The first-order valence-electron chi connectivity index (χ1n) is 14.2. The molecule has 0 N–H and O–H groups in total. The summed E-state index contributed by atoms with van der Waals surface area (Å²) in [6.45, 7) is 0. The molecule has 3 aromatic rings. The Morgan fingerprint density at radius 2 is 1.36 bits per heavy atom. The predicted molar refractivity (Wildman–Crippen MR) is 144 cm³/mol. The number of ether oxygens (including phenoxy) is 3. The molecule has 6 aliphatic rings. The fraction of sp³-hybridized carbons (Fsp3) is 0.333. The van der Waals surface area contributed by atoms with Crippen LogP contribution in [0.1, 0.15) is 40.5 Å². The van der Waals surface area contributed by atoms with Crippen molar-refractivity contribution in [1.29, 1.82) is 0 Å². The van der Waals surface area contributed by atoms with Crippen molar-refractivity contribution in [1.82, 2.24) is 0 Å². The normalized spacial score (nSPS) is 32.1. The number of hydrogen-bond acceptors (Lipinski definition) is 11. The number of halogens is 4. The molecule has 0 spiro atoms. The van der Waals surface area contributed by atoms with E-state index in [0.717, 1.165) is 22.3 Å². The van der Waals surface area contributed by atoms with Gasteiger partial charge in [0.2, 0.25) is 17.4 Å². The van der Waals surface area contributed by atoms with Crippen LogP contribution in [0.4, 0.5) is 17.6 Å². The maximum absolute atomic E-state index is 14.6. The number of hydrogen-bond donors (Lipinski definition) is 0. The summed E-state index contributed by atoms with van der Waals surface area (Å²) in [4.78, 5) is 24.7. The first-order chi connectivity index (χ1) is 22.2. The quantitative estimate of drug-likeness (QED) is 0.0964.